The molecule has 42 heavy (non-hydrogen) atoms. The number of aliphatic hydroxyl groups excluding tert-OH is 1. The van der Waals surface area contributed by atoms with Crippen molar-refractivity contribution in [2.45, 2.75) is 77.4 Å². The predicted octanol–water partition coefficient (Wildman–Crippen LogP) is 9.98. The Morgan fingerprint density at radius 2 is 1.71 bits per heavy atom. The topological polar surface area (TPSA) is 45.6 Å². The van der Waals surface area contributed by atoms with Gasteiger partial charge in [-0.2, -0.15) is 0 Å². The summed E-state index contributed by atoms with van der Waals surface area (Å²) in [5.74, 6) is 2.21. The van der Waals surface area contributed by atoms with E-state index < -0.39 is 0 Å². The Morgan fingerprint density at radius 3 is 2.38 bits per heavy atom. The van der Waals surface area contributed by atoms with Crippen molar-refractivity contribution in [1.82, 2.24) is 9.88 Å². The Balaban J connectivity index is 1.10. The van der Waals surface area contributed by atoms with Crippen molar-refractivity contribution < 1.29 is 9.84 Å². The molecule has 0 spiro atoms. The molecule has 1 aromatic heterocycles. The maximum absolute atomic E-state index is 9.75. The highest BCUT2D eigenvalue weighted by molar-refractivity contribution is 7.09. The van der Waals surface area contributed by atoms with E-state index in [2.05, 4.69) is 79.2 Å². The molecular formula is C37H44N2O2S. The number of benzene rings is 3. The Morgan fingerprint density at radius 1 is 1.00 bits per heavy atom. The van der Waals surface area contributed by atoms with Gasteiger partial charge in [-0.1, -0.05) is 75.7 Å². The van der Waals surface area contributed by atoms with E-state index in [-0.39, 0.29) is 5.76 Å². The molecule has 220 valence electrons. The Labute approximate surface area is 255 Å². The van der Waals surface area contributed by atoms with Gasteiger partial charge < -0.3 is 9.84 Å². The van der Waals surface area contributed by atoms with E-state index in [1.54, 1.807) is 11.3 Å². The molecule has 2 heterocycles. The molecule has 0 amide bonds. The average molecular weight is 581 g/mol. The Hall–Kier alpha value is -3.41. The first-order valence-corrected chi connectivity index (χ1v) is 16.4. The Bertz CT molecular complexity index is 1410. The molecule has 0 saturated carbocycles. The van der Waals surface area contributed by atoms with Crippen LogP contribution in [0.25, 0.3) is 17.0 Å². The molecule has 0 atom stereocenters. The minimum Gasteiger partial charge on any atom is -0.508 e. The molecule has 0 aliphatic carbocycles. The molecule has 4 nitrogen and oxygen atoms in total. The number of ether oxygens (including phenoxy) is 1. The van der Waals surface area contributed by atoms with Crippen molar-refractivity contribution in [3.05, 3.63) is 112 Å². The molecule has 5 heteroatoms. The number of nitrogens with zero attached hydrogens (tertiary/aromatic N) is 2. The number of aliphatic hydroxyl groups is 1. The van der Waals surface area contributed by atoms with Gasteiger partial charge in [0.15, 0.2) is 0 Å². The summed E-state index contributed by atoms with van der Waals surface area (Å²) in [5.41, 5.74) is 6.92. The van der Waals surface area contributed by atoms with Crippen LogP contribution in [0.5, 0.6) is 5.75 Å². The third-order valence-electron chi connectivity index (χ3n) is 8.47. The standard InChI is InChI=1S/C37H44N2O2S/c1-4-7-29(8-5-2)30-13-11-28(12-14-30)25-41-35-17-15-32(16-18-35)36-26-42-37(38-36)24-39-21-19-31(20-22-39)34-10-6-9-33(23-34)27(3)40/h6,9-18,23,26,29,31,40H,3-5,7-8,19-22,24-25H2,1-2H3. The number of rotatable bonds is 13. The normalized spacial score (nSPS) is 14.4. The molecule has 0 unspecified atom stereocenters. The van der Waals surface area contributed by atoms with E-state index in [1.807, 2.05) is 24.3 Å². The van der Waals surface area contributed by atoms with Crippen LogP contribution in [-0.2, 0) is 13.2 Å². The van der Waals surface area contributed by atoms with Gasteiger partial charge in [-0.3, -0.25) is 4.90 Å². The Kier molecular flexibility index (Phi) is 10.5. The third kappa shape index (κ3) is 7.90. The lowest BCUT2D eigenvalue weighted by Crippen LogP contribution is -2.32. The molecule has 1 saturated heterocycles. The van der Waals surface area contributed by atoms with Gasteiger partial charge >= 0.3 is 0 Å². The highest BCUT2D eigenvalue weighted by Crippen LogP contribution is 2.31. The minimum atomic E-state index is 0.139. The highest BCUT2D eigenvalue weighted by atomic mass is 32.1. The van der Waals surface area contributed by atoms with E-state index in [0.29, 0.717) is 18.4 Å². The summed E-state index contributed by atoms with van der Waals surface area (Å²) in [7, 11) is 0. The molecule has 4 aromatic rings. The summed E-state index contributed by atoms with van der Waals surface area (Å²) in [6.07, 6.45) is 7.20. The van der Waals surface area contributed by atoms with Gasteiger partial charge in [0.1, 0.15) is 23.1 Å². The molecule has 1 N–H and O–H groups in total. The summed E-state index contributed by atoms with van der Waals surface area (Å²) >= 11 is 1.74. The molecule has 0 radical (unpaired) electrons. The van der Waals surface area contributed by atoms with E-state index in [4.69, 9.17) is 9.72 Å². The number of aromatic nitrogens is 1. The van der Waals surface area contributed by atoms with Crippen molar-refractivity contribution in [2.75, 3.05) is 13.1 Å². The number of piperidine rings is 1. The third-order valence-corrected chi connectivity index (χ3v) is 9.30. The van der Waals surface area contributed by atoms with Gasteiger partial charge in [0.05, 0.1) is 12.2 Å². The lowest BCUT2D eigenvalue weighted by molar-refractivity contribution is 0.204. The van der Waals surface area contributed by atoms with Gasteiger partial charge in [-0.05, 0) is 97.6 Å². The SMILES string of the molecule is C=C(O)c1cccc(C2CCN(Cc3nc(-c4ccc(OCc5ccc(C(CCC)CCC)cc5)cc4)cs3)CC2)c1. The molecule has 3 aromatic carbocycles. The average Bonchev–Trinajstić information content (AvgIpc) is 3.49. The number of thiazole rings is 1. The molecular weight excluding hydrogens is 536 g/mol. The fourth-order valence-electron chi connectivity index (χ4n) is 6.05. The second kappa shape index (κ2) is 14.7. The second-order valence-electron chi connectivity index (χ2n) is 11.6. The summed E-state index contributed by atoms with van der Waals surface area (Å²) in [5, 5.41) is 13.1. The quantitative estimate of drug-likeness (QED) is 0.160. The molecule has 5 rings (SSSR count). The van der Waals surface area contributed by atoms with Gasteiger partial charge in [-0.25, -0.2) is 4.98 Å². The highest BCUT2D eigenvalue weighted by Gasteiger charge is 2.22. The number of likely N-dealkylation sites (tertiary alicyclic amines) is 1. The first-order chi connectivity index (χ1) is 20.5. The van der Waals surface area contributed by atoms with Crippen LogP contribution in [0.4, 0.5) is 0 Å². The molecule has 1 fully saturated rings. The molecule has 0 bridgehead atoms. The zero-order valence-electron chi connectivity index (χ0n) is 25.1. The van der Waals surface area contributed by atoms with Crippen LogP contribution >= 0.6 is 11.3 Å². The van der Waals surface area contributed by atoms with Gasteiger partial charge in [0.2, 0.25) is 0 Å². The summed E-state index contributed by atoms with van der Waals surface area (Å²) in [4.78, 5) is 7.46. The van der Waals surface area contributed by atoms with Crippen LogP contribution in [0.2, 0.25) is 0 Å². The van der Waals surface area contributed by atoms with Crippen molar-refractivity contribution in [1.29, 1.82) is 0 Å². The van der Waals surface area contributed by atoms with Gasteiger partial charge in [-0.15, -0.1) is 11.3 Å². The first kappa shape index (κ1) is 30.1. The van der Waals surface area contributed by atoms with Crippen molar-refractivity contribution >= 4 is 17.1 Å². The monoisotopic (exact) mass is 580 g/mol. The molecule has 1 aliphatic heterocycles. The lowest BCUT2D eigenvalue weighted by atomic mass is 9.88. The van der Waals surface area contributed by atoms with Crippen LogP contribution in [0.3, 0.4) is 0 Å². The van der Waals surface area contributed by atoms with E-state index in [9.17, 15) is 5.11 Å². The number of hydrogen-bond acceptors (Lipinski definition) is 5. The van der Waals surface area contributed by atoms with E-state index >= 15 is 0 Å². The molecule has 1 aliphatic rings. The fraction of sp³-hybridized carbons (Fsp3) is 0.378. The smallest absolute Gasteiger partial charge is 0.119 e. The largest absolute Gasteiger partial charge is 0.508 e. The minimum absolute atomic E-state index is 0.139. The van der Waals surface area contributed by atoms with E-state index in [0.717, 1.165) is 60.1 Å². The second-order valence-corrected chi connectivity index (χ2v) is 12.5. The first-order valence-electron chi connectivity index (χ1n) is 15.5. The van der Waals surface area contributed by atoms with Crippen LogP contribution in [0.15, 0.2) is 84.8 Å². The lowest BCUT2D eigenvalue weighted by Gasteiger charge is -2.31. The van der Waals surface area contributed by atoms with E-state index in [1.165, 1.54) is 42.4 Å². The maximum atomic E-state index is 9.75. The summed E-state index contributed by atoms with van der Waals surface area (Å²) in [6, 6.07) is 25.5. The predicted molar refractivity (Wildman–Crippen MR) is 176 cm³/mol. The maximum Gasteiger partial charge on any atom is 0.119 e. The van der Waals surface area contributed by atoms with Crippen molar-refractivity contribution in [3.63, 3.8) is 0 Å². The van der Waals surface area contributed by atoms with Crippen molar-refractivity contribution in [3.8, 4) is 17.0 Å². The summed E-state index contributed by atoms with van der Waals surface area (Å²) in [6.45, 7) is 11.8. The fourth-order valence-corrected chi connectivity index (χ4v) is 6.90. The van der Waals surface area contributed by atoms with Crippen LogP contribution in [0.1, 0.15) is 91.5 Å². The van der Waals surface area contributed by atoms with Crippen molar-refractivity contribution in [2.24, 2.45) is 0 Å². The van der Waals surface area contributed by atoms with Crippen LogP contribution < -0.4 is 4.74 Å². The zero-order valence-corrected chi connectivity index (χ0v) is 25.9. The van der Waals surface area contributed by atoms with Gasteiger partial charge in [0.25, 0.3) is 0 Å². The van der Waals surface area contributed by atoms with Gasteiger partial charge in [0, 0.05) is 16.5 Å². The zero-order chi connectivity index (χ0) is 29.3. The number of hydrogen-bond donors (Lipinski definition) is 1. The van der Waals surface area contributed by atoms with Crippen LogP contribution in [-0.4, -0.2) is 28.1 Å². The van der Waals surface area contributed by atoms with Crippen LogP contribution in [0, 0.1) is 0 Å². The summed E-state index contributed by atoms with van der Waals surface area (Å²) < 4.78 is 6.10.